The molecule has 1 aromatic heterocycles. The van der Waals surface area contributed by atoms with Crippen LogP contribution in [0.25, 0.3) is 16.9 Å². The number of hydrogen-bond acceptors (Lipinski definition) is 2. The van der Waals surface area contributed by atoms with Gasteiger partial charge in [0.1, 0.15) is 5.69 Å². The Hall–Kier alpha value is -3.66. The van der Waals surface area contributed by atoms with Crippen LogP contribution in [0.1, 0.15) is 72.8 Å². The van der Waals surface area contributed by atoms with Gasteiger partial charge in [-0.1, -0.05) is 106 Å². The fourth-order valence-corrected chi connectivity index (χ4v) is 5.52. The standard InChI is InChI=1S/C32H35N3O/c1-3-5-8-21-29-27-20-14-13-15-24(27)22-23-34(29)32(36)30-28(4-2)35(26-18-11-7-12-19-26)33-31(30)25-16-9-6-10-17-25/h6-7,9-20,29H,3-5,8,21-23H2,1-2H3. The summed E-state index contributed by atoms with van der Waals surface area (Å²) in [5, 5.41) is 5.05. The topological polar surface area (TPSA) is 38.1 Å². The summed E-state index contributed by atoms with van der Waals surface area (Å²) in [4.78, 5) is 16.7. The Morgan fingerprint density at radius 2 is 1.58 bits per heavy atom. The molecule has 4 nitrogen and oxygen atoms in total. The van der Waals surface area contributed by atoms with Gasteiger partial charge in [0.05, 0.1) is 23.0 Å². The van der Waals surface area contributed by atoms with Crippen molar-refractivity contribution >= 4 is 5.91 Å². The maximum Gasteiger partial charge on any atom is 0.258 e. The first-order valence-electron chi connectivity index (χ1n) is 13.3. The zero-order chi connectivity index (χ0) is 24.9. The molecule has 0 spiro atoms. The number of aromatic nitrogens is 2. The average Bonchev–Trinajstić information content (AvgIpc) is 3.33. The van der Waals surface area contributed by atoms with Gasteiger partial charge in [0.15, 0.2) is 0 Å². The zero-order valence-electron chi connectivity index (χ0n) is 21.4. The summed E-state index contributed by atoms with van der Waals surface area (Å²) in [5.41, 5.74) is 7.13. The van der Waals surface area contributed by atoms with E-state index in [-0.39, 0.29) is 11.9 Å². The highest BCUT2D eigenvalue weighted by Gasteiger charge is 2.35. The van der Waals surface area contributed by atoms with E-state index in [2.05, 4.69) is 67.3 Å². The van der Waals surface area contributed by atoms with Gasteiger partial charge in [0, 0.05) is 12.1 Å². The Labute approximate surface area is 214 Å². The molecule has 1 aliphatic rings. The maximum atomic E-state index is 14.5. The van der Waals surface area contributed by atoms with Gasteiger partial charge >= 0.3 is 0 Å². The highest BCUT2D eigenvalue weighted by molar-refractivity contribution is 6.01. The number of fused-ring (bicyclic) bond motifs is 1. The molecule has 1 amide bonds. The molecule has 4 heteroatoms. The van der Waals surface area contributed by atoms with Gasteiger partial charge in [0.25, 0.3) is 5.91 Å². The molecule has 184 valence electrons. The van der Waals surface area contributed by atoms with E-state index >= 15 is 0 Å². The van der Waals surface area contributed by atoms with Crippen molar-refractivity contribution in [3.8, 4) is 16.9 Å². The molecular weight excluding hydrogens is 442 g/mol. The fraction of sp³-hybridized carbons (Fsp3) is 0.312. The summed E-state index contributed by atoms with van der Waals surface area (Å²) >= 11 is 0. The summed E-state index contributed by atoms with van der Waals surface area (Å²) in [6, 6.07) is 29.1. The molecule has 0 bridgehead atoms. The lowest BCUT2D eigenvalue weighted by Gasteiger charge is -2.38. The molecule has 1 atom stereocenters. The molecule has 0 saturated heterocycles. The normalized spacial score (nSPS) is 15.1. The lowest BCUT2D eigenvalue weighted by molar-refractivity contribution is 0.0647. The second-order valence-corrected chi connectivity index (χ2v) is 9.60. The number of carbonyl (C=O) groups excluding carboxylic acids is 1. The van der Waals surface area contributed by atoms with Crippen molar-refractivity contribution in [1.82, 2.24) is 14.7 Å². The number of carbonyl (C=O) groups is 1. The number of rotatable bonds is 8. The van der Waals surface area contributed by atoms with Crippen LogP contribution in [-0.2, 0) is 12.8 Å². The van der Waals surface area contributed by atoms with Crippen LogP contribution in [0.4, 0.5) is 0 Å². The first kappa shape index (κ1) is 24.1. The van der Waals surface area contributed by atoms with Gasteiger partial charge in [0.2, 0.25) is 0 Å². The van der Waals surface area contributed by atoms with Gasteiger partial charge in [-0.25, -0.2) is 4.68 Å². The third-order valence-electron chi connectivity index (χ3n) is 7.33. The van der Waals surface area contributed by atoms with Gasteiger partial charge in [-0.3, -0.25) is 4.79 Å². The van der Waals surface area contributed by atoms with Crippen molar-refractivity contribution in [2.45, 2.75) is 58.4 Å². The van der Waals surface area contributed by atoms with Crippen LogP contribution >= 0.6 is 0 Å². The Morgan fingerprint density at radius 3 is 2.31 bits per heavy atom. The predicted molar refractivity (Wildman–Crippen MR) is 146 cm³/mol. The predicted octanol–water partition coefficient (Wildman–Crippen LogP) is 7.42. The molecule has 4 aromatic rings. The minimum Gasteiger partial charge on any atom is -0.331 e. The highest BCUT2D eigenvalue weighted by atomic mass is 16.2. The number of hydrogen-bond donors (Lipinski definition) is 0. The van der Waals surface area contributed by atoms with E-state index in [1.165, 1.54) is 24.0 Å². The molecule has 0 fully saturated rings. The number of benzene rings is 3. The molecule has 5 rings (SSSR count). The van der Waals surface area contributed by atoms with Crippen molar-refractivity contribution in [1.29, 1.82) is 0 Å². The van der Waals surface area contributed by atoms with Crippen LogP contribution in [0.5, 0.6) is 0 Å². The summed E-state index contributed by atoms with van der Waals surface area (Å²) in [6.45, 7) is 5.09. The largest absolute Gasteiger partial charge is 0.331 e. The first-order valence-corrected chi connectivity index (χ1v) is 13.3. The van der Waals surface area contributed by atoms with Gasteiger partial charge < -0.3 is 4.90 Å². The third kappa shape index (κ3) is 4.60. The van der Waals surface area contributed by atoms with Crippen molar-refractivity contribution in [3.63, 3.8) is 0 Å². The zero-order valence-corrected chi connectivity index (χ0v) is 21.4. The minimum atomic E-state index is 0.0994. The molecule has 0 saturated carbocycles. The lowest BCUT2D eigenvalue weighted by Crippen LogP contribution is -2.40. The monoisotopic (exact) mass is 477 g/mol. The lowest BCUT2D eigenvalue weighted by atomic mass is 9.88. The molecular formula is C32H35N3O. The van der Waals surface area contributed by atoms with Crippen LogP contribution in [0.15, 0.2) is 84.9 Å². The summed E-state index contributed by atoms with van der Waals surface area (Å²) in [7, 11) is 0. The fourth-order valence-electron chi connectivity index (χ4n) is 5.52. The van der Waals surface area contributed by atoms with Gasteiger partial charge in [-0.2, -0.15) is 5.10 Å². The van der Waals surface area contributed by atoms with Gasteiger partial charge in [-0.05, 0) is 42.5 Å². The van der Waals surface area contributed by atoms with Crippen molar-refractivity contribution in [2.75, 3.05) is 6.54 Å². The first-order chi connectivity index (χ1) is 17.7. The SMILES string of the molecule is CCCCCC1c2ccccc2CCN1C(=O)c1c(-c2ccccc2)nn(-c2ccccc2)c1CC. The van der Waals surface area contributed by atoms with E-state index in [0.29, 0.717) is 0 Å². The number of unbranched alkanes of at least 4 members (excludes halogenated alkanes) is 2. The molecule has 36 heavy (non-hydrogen) atoms. The van der Waals surface area contributed by atoms with Crippen LogP contribution in [0.2, 0.25) is 0 Å². The highest BCUT2D eigenvalue weighted by Crippen LogP contribution is 2.37. The molecule has 1 aliphatic heterocycles. The quantitative estimate of drug-likeness (QED) is 0.248. The van der Waals surface area contributed by atoms with E-state index in [1.807, 2.05) is 41.1 Å². The summed E-state index contributed by atoms with van der Waals surface area (Å²) in [6.07, 6.45) is 6.08. The van der Waals surface area contributed by atoms with Crippen molar-refractivity contribution in [2.24, 2.45) is 0 Å². The second kappa shape index (κ2) is 10.9. The number of nitrogens with zero attached hydrogens (tertiary/aromatic N) is 3. The van der Waals surface area contributed by atoms with Crippen molar-refractivity contribution in [3.05, 3.63) is 107 Å². The smallest absolute Gasteiger partial charge is 0.258 e. The Balaban J connectivity index is 1.63. The van der Waals surface area contributed by atoms with E-state index in [4.69, 9.17) is 5.10 Å². The number of amides is 1. The molecule has 2 heterocycles. The second-order valence-electron chi connectivity index (χ2n) is 9.60. The Bertz CT molecular complexity index is 1310. The van der Waals surface area contributed by atoms with E-state index < -0.39 is 0 Å². The molecule has 0 aliphatic carbocycles. The molecule has 0 N–H and O–H groups in total. The minimum absolute atomic E-state index is 0.0994. The van der Waals surface area contributed by atoms with E-state index in [1.54, 1.807) is 0 Å². The van der Waals surface area contributed by atoms with Gasteiger partial charge in [-0.15, -0.1) is 0 Å². The van der Waals surface area contributed by atoms with Crippen molar-refractivity contribution < 1.29 is 4.79 Å². The Morgan fingerprint density at radius 1 is 0.889 bits per heavy atom. The summed E-state index contributed by atoms with van der Waals surface area (Å²) in [5.74, 6) is 0.101. The molecule has 0 radical (unpaired) electrons. The van der Waals surface area contributed by atoms with Crippen LogP contribution in [0.3, 0.4) is 0 Å². The van der Waals surface area contributed by atoms with Crippen LogP contribution < -0.4 is 0 Å². The average molecular weight is 478 g/mol. The third-order valence-corrected chi connectivity index (χ3v) is 7.33. The van der Waals surface area contributed by atoms with E-state index in [0.717, 1.165) is 60.4 Å². The van der Waals surface area contributed by atoms with Crippen LogP contribution in [0, 0.1) is 0 Å². The number of para-hydroxylation sites is 1. The maximum absolute atomic E-state index is 14.5. The van der Waals surface area contributed by atoms with Crippen LogP contribution in [-0.4, -0.2) is 27.1 Å². The molecule has 1 unspecified atom stereocenters. The molecule has 3 aromatic carbocycles. The summed E-state index contributed by atoms with van der Waals surface area (Å²) < 4.78 is 1.97. The Kier molecular flexibility index (Phi) is 7.31. The van der Waals surface area contributed by atoms with E-state index in [9.17, 15) is 4.79 Å².